The minimum atomic E-state index is -2.61. The third-order valence-corrected chi connectivity index (χ3v) is 10.6. The third-order valence-electron chi connectivity index (χ3n) is 9.78. The lowest BCUT2D eigenvalue weighted by Gasteiger charge is -2.51. The molecule has 6 aromatic rings. The van der Waals surface area contributed by atoms with Gasteiger partial charge in [-0.05, 0) is 67.6 Å². The van der Waals surface area contributed by atoms with Crippen LogP contribution in [0.4, 0.5) is 17.6 Å². The topological polar surface area (TPSA) is 136 Å². The molecule has 0 spiro atoms. The molecule has 1 unspecified atom stereocenters. The molecule has 1 aliphatic heterocycles. The van der Waals surface area contributed by atoms with E-state index in [0.29, 0.717) is 10.7 Å². The van der Waals surface area contributed by atoms with Crippen LogP contribution in [-0.2, 0) is 16.2 Å². The Labute approximate surface area is 318 Å². The molecule has 0 amide bonds. The lowest BCUT2D eigenvalue weighted by atomic mass is 9.86. The number of aryl methyl sites for hydroxylation is 1. The number of halogens is 7. The molecule has 3 N–H and O–H groups in total. The first-order valence-corrected chi connectivity index (χ1v) is 17.7. The largest absolute Gasteiger partial charge is 0.394 e. The van der Waals surface area contributed by atoms with Crippen molar-refractivity contribution in [2.75, 3.05) is 6.61 Å². The number of nitrogens with zero attached hydrogens (tertiary/aromatic N) is 7. The number of rotatable bonds is 8. The second-order valence-electron chi connectivity index (χ2n) is 13.2. The van der Waals surface area contributed by atoms with Gasteiger partial charge >= 0.3 is 0 Å². The Kier molecular flexibility index (Phi) is 9.12. The number of ether oxygens (including phenoxy) is 1. The second-order valence-corrected chi connectivity index (χ2v) is 14.5. The minimum Gasteiger partial charge on any atom is -0.394 e. The molecule has 3 aromatic heterocycles. The van der Waals surface area contributed by atoms with Crippen LogP contribution < -0.4 is 0 Å². The number of hydrogen-bond donors (Lipinski definition) is 3. The van der Waals surface area contributed by atoms with E-state index < -0.39 is 70.0 Å². The van der Waals surface area contributed by atoms with E-state index in [2.05, 4.69) is 15.3 Å². The van der Waals surface area contributed by atoms with Crippen LogP contribution in [0, 0.1) is 30.2 Å². The molecule has 18 heteroatoms. The number of aromatic nitrogens is 7. The summed E-state index contributed by atoms with van der Waals surface area (Å²) in [6, 6.07) is 10.0. The van der Waals surface area contributed by atoms with Gasteiger partial charge in [0.15, 0.2) is 29.1 Å². The molecule has 1 saturated heterocycles. The summed E-state index contributed by atoms with van der Waals surface area (Å²) in [5.74, 6) is -4.99. The highest BCUT2D eigenvalue weighted by Crippen LogP contribution is 2.51. The highest BCUT2D eigenvalue weighted by atomic mass is 35.5. The fourth-order valence-corrected chi connectivity index (χ4v) is 7.43. The molecule has 2 aliphatic rings. The van der Waals surface area contributed by atoms with Gasteiger partial charge in [-0.1, -0.05) is 40.9 Å². The SMILES string of the molecule is Cc1nc(C2(n3cc(-c4ccc(Cl)c(F)c4F)cn3)O[C@@H](CO)[C@@H](O)C[C@@]2(O)n2cc(-c3ccc(Cl)c(F)c3F)cn2)n(-c2cc(Cl)ccc2C2CC2)n1. The van der Waals surface area contributed by atoms with Crippen molar-refractivity contribution in [1.29, 1.82) is 0 Å². The average Bonchev–Trinajstić information content (AvgIpc) is 3.47. The van der Waals surface area contributed by atoms with Gasteiger partial charge in [0.2, 0.25) is 5.72 Å². The minimum absolute atomic E-state index is 0.00383. The second kappa shape index (κ2) is 13.4. The van der Waals surface area contributed by atoms with Crippen LogP contribution in [0.25, 0.3) is 27.9 Å². The molecular formula is C36H28Cl3F4N7O4. The summed E-state index contributed by atoms with van der Waals surface area (Å²) in [6.07, 6.45) is 2.93. The summed E-state index contributed by atoms with van der Waals surface area (Å²) in [4.78, 5) is 4.73. The predicted molar refractivity (Wildman–Crippen MR) is 188 cm³/mol. The van der Waals surface area contributed by atoms with E-state index >= 15 is 8.78 Å². The lowest BCUT2D eigenvalue weighted by molar-refractivity contribution is -0.338. The van der Waals surface area contributed by atoms with Crippen molar-refractivity contribution in [3.05, 3.63) is 123 Å². The smallest absolute Gasteiger partial charge is 0.272 e. The predicted octanol–water partition coefficient (Wildman–Crippen LogP) is 6.89. The number of aliphatic hydroxyl groups is 3. The van der Waals surface area contributed by atoms with Gasteiger partial charge in [-0.2, -0.15) is 15.3 Å². The van der Waals surface area contributed by atoms with Gasteiger partial charge in [-0.25, -0.2) is 36.6 Å². The van der Waals surface area contributed by atoms with Crippen molar-refractivity contribution in [2.45, 2.75) is 55.8 Å². The molecule has 54 heavy (non-hydrogen) atoms. The van der Waals surface area contributed by atoms with E-state index in [9.17, 15) is 24.1 Å². The highest BCUT2D eigenvalue weighted by molar-refractivity contribution is 6.31. The van der Waals surface area contributed by atoms with Crippen molar-refractivity contribution in [2.24, 2.45) is 0 Å². The van der Waals surface area contributed by atoms with Gasteiger partial charge in [-0.15, -0.1) is 0 Å². The molecule has 4 heterocycles. The Hall–Kier alpha value is -4.35. The van der Waals surface area contributed by atoms with Crippen molar-refractivity contribution in [3.63, 3.8) is 0 Å². The van der Waals surface area contributed by atoms with Crippen LogP contribution in [0.3, 0.4) is 0 Å². The maximum absolute atomic E-state index is 15.3. The first-order valence-electron chi connectivity index (χ1n) is 16.6. The molecule has 4 atom stereocenters. The average molecular weight is 805 g/mol. The molecule has 8 rings (SSSR count). The Morgan fingerprint density at radius 1 is 0.852 bits per heavy atom. The summed E-state index contributed by atoms with van der Waals surface area (Å²) in [5, 5.41) is 48.1. The summed E-state index contributed by atoms with van der Waals surface area (Å²) >= 11 is 18.2. The van der Waals surface area contributed by atoms with Crippen LogP contribution in [0.15, 0.2) is 67.3 Å². The first-order chi connectivity index (χ1) is 25.8. The Morgan fingerprint density at radius 3 is 2.04 bits per heavy atom. The van der Waals surface area contributed by atoms with Gasteiger partial charge < -0.3 is 20.1 Å². The van der Waals surface area contributed by atoms with E-state index in [1.54, 1.807) is 19.1 Å². The zero-order valence-corrected chi connectivity index (χ0v) is 30.2. The van der Waals surface area contributed by atoms with Crippen LogP contribution in [0.2, 0.25) is 15.1 Å². The van der Waals surface area contributed by atoms with Gasteiger partial charge in [0.1, 0.15) is 11.9 Å². The monoisotopic (exact) mass is 803 g/mol. The normalized spacial score (nSPS) is 22.9. The van der Waals surface area contributed by atoms with Crippen LogP contribution in [0.1, 0.15) is 42.4 Å². The van der Waals surface area contributed by atoms with Crippen LogP contribution >= 0.6 is 34.8 Å². The Bertz CT molecular complexity index is 2440. The number of hydrogen-bond acceptors (Lipinski definition) is 8. The van der Waals surface area contributed by atoms with E-state index in [-0.39, 0.29) is 39.8 Å². The molecule has 280 valence electrons. The maximum atomic E-state index is 15.3. The van der Waals surface area contributed by atoms with Gasteiger partial charge in [0, 0.05) is 46.1 Å². The molecule has 3 aromatic carbocycles. The number of aliphatic hydroxyl groups excluding tert-OH is 2. The molecule has 1 saturated carbocycles. The van der Waals surface area contributed by atoms with E-state index in [4.69, 9.17) is 44.5 Å². The van der Waals surface area contributed by atoms with Crippen LogP contribution in [-0.4, -0.2) is 68.5 Å². The van der Waals surface area contributed by atoms with Gasteiger partial charge in [-0.3, -0.25) is 0 Å². The molecule has 0 bridgehead atoms. The molecule has 2 fully saturated rings. The molecule has 11 nitrogen and oxygen atoms in total. The fraction of sp³-hybridized carbons (Fsp3) is 0.278. The summed E-state index contributed by atoms with van der Waals surface area (Å²) in [6.45, 7) is 0.820. The standard InChI is InChI=1S/C36H28Cl3F4N7O4/c1-17-46-34(50(47-17)27-10-21(37)4-5-22(27)18-2-3-18)36(49-15-20(13-45-49)24-7-9-26(39)33(43)31(24)41)35(53,11-28(52)29(16-51)54-36)48-14-19(12-44-48)23-6-8-25(38)32(42)30(23)40/h4-10,12-15,18,28-29,51-53H,2-3,11,16H2,1H3/t28-,29-,35-,36?/m0/s1. The van der Waals surface area contributed by atoms with Gasteiger partial charge in [0.25, 0.3) is 5.72 Å². The van der Waals surface area contributed by atoms with Crippen molar-refractivity contribution >= 4 is 34.8 Å². The quantitative estimate of drug-likeness (QED) is 0.112. The van der Waals surface area contributed by atoms with Crippen molar-refractivity contribution in [3.8, 4) is 27.9 Å². The fourth-order valence-electron chi connectivity index (χ4n) is 6.97. The third kappa shape index (κ3) is 5.72. The molecule has 0 radical (unpaired) electrons. The summed E-state index contributed by atoms with van der Waals surface area (Å²) in [7, 11) is 0. The van der Waals surface area contributed by atoms with E-state index in [0.717, 1.165) is 46.1 Å². The lowest BCUT2D eigenvalue weighted by Crippen LogP contribution is -2.68. The van der Waals surface area contributed by atoms with E-state index in [1.165, 1.54) is 35.4 Å². The summed E-state index contributed by atoms with van der Waals surface area (Å²) in [5.41, 5.74) is -4.28. The van der Waals surface area contributed by atoms with Gasteiger partial charge in [0.05, 0.1) is 40.8 Å². The van der Waals surface area contributed by atoms with Crippen molar-refractivity contribution in [1.82, 2.24) is 34.3 Å². The van der Waals surface area contributed by atoms with Crippen molar-refractivity contribution < 1.29 is 37.6 Å². The Balaban J connectivity index is 1.42. The Morgan fingerprint density at radius 2 is 1.44 bits per heavy atom. The van der Waals surface area contributed by atoms with E-state index in [1.807, 2.05) is 6.07 Å². The zero-order valence-electron chi connectivity index (χ0n) is 27.9. The number of benzene rings is 3. The molecule has 1 aliphatic carbocycles. The highest BCUT2D eigenvalue weighted by Gasteiger charge is 2.66. The maximum Gasteiger partial charge on any atom is 0.272 e. The van der Waals surface area contributed by atoms with Crippen LogP contribution in [0.5, 0.6) is 0 Å². The molecular weight excluding hydrogens is 777 g/mol. The summed E-state index contributed by atoms with van der Waals surface area (Å²) < 4.78 is 69.9. The zero-order chi connectivity index (χ0) is 38.3. The first kappa shape index (κ1) is 36.6.